The fourth-order valence-corrected chi connectivity index (χ4v) is 2.36. The number of nitro groups is 1. The van der Waals surface area contributed by atoms with Crippen LogP contribution in [0.1, 0.15) is 11.4 Å². The highest BCUT2D eigenvalue weighted by Crippen LogP contribution is 2.25. The van der Waals surface area contributed by atoms with Crippen LogP contribution in [0, 0.1) is 22.9 Å². The van der Waals surface area contributed by atoms with Crippen LogP contribution >= 0.6 is 0 Å². The number of fused-ring (bicyclic) bond motifs is 1. The van der Waals surface area contributed by atoms with E-state index in [1.54, 1.807) is 19.1 Å². The summed E-state index contributed by atoms with van der Waals surface area (Å²) in [6, 6.07) is 5.93. The Labute approximate surface area is 130 Å². The van der Waals surface area contributed by atoms with Crippen molar-refractivity contribution < 1.29 is 9.31 Å². The molecule has 0 bridgehead atoms. The Morgan fingerprint density at radius 3 is 3.00 bits per heavy atom. The van der Waals surface area contributed by atoms with E-state index in [2.05, 4.69) is 20.3 Å². The van der Waals surface area contributed by atoms with Gasteiger partial charge in [0.2, 0.25) is 5.82 Å². The molecule has 3 rings (SSSR count). The fourth-order valence-electron chi connectivity index (χ4n) is 2.36. The second-order valence-electron chi connectivity index (χ2n) is 5.10. The minimum atomic E-state index is -0.450. The molecule has 0 aliphatic rings. The quantitative estimate of drug-likeness (QED) is 0.557. The minimum Gasteiger partial charge on any atom is -0.364 e. The van der Waals surface area contributed by atoms with Crippen molar-refractivity contribution in [2.24, 2.45) is 0 Å². The lowest BCUT2D eigenvalue weighted by Gasteiger charge is -2.06. The number of H-pyrrole nitrogens is 1. The zero-order valence-electron chi connectivity index (χ0n) is 12.3. The number of nitrogens with one attached hydrogen (secondary N) is 2. The highest BCUT2D eigenvalue weighted by Gasteiger charge is 2.18. The maximum Gasteiger partial charge on any atom is 0.314 e. The van der Waals surface area contributed by atoms with E-state index >= 15 is 0 Å². The number of nitrogens with zero attached hydrogens (tertiary/aromatic N) is 3. The number of anilines is 1. The van der Waals surface area contributed by atoms with Crippen LogP contribution < -0.4 is 5.32 Å². The third-order valence-corrected chi connectivity index (χ3v) is 3.46. The Hall–Kier alpha value is -3.03. The second-order valence-corrected chi connectivity index (χ2v) is 5.10. The van der Waals surface area contributed by atoms with Gasteiger partial charge in [-0.15, -0.1) is 0 Å². The molecule has 2 aromatic heterocycles. The van der Waals surface area contributed by atoms with E-state index in [1.165, 1.54) is 18.3 Å². The zero-order chi connectivity index (χ0) is 16.4. The SMILES string of the molecule is Cc1ccnc(NCCc2nc3ccc(F)cc3[nH]2)c1[N+](=O)[O-]. The van der Waals surface area contributed by atoms with Crippen molar-refractivity contribution in [2.75, 3.05) is 11.9 Å². The van der Waals surface area contributed by atoms with Gasteiger partial charge in [0.1, 0.15) is 11.6 Å². The van der Waals surface area contributed by atoms with Gasteiger partial charge in [-0.1, -0.05) is 0 Å². The molecular formula is C15H14FN5O2. The van der Waals surface area contributed by atoms with E-state index in [9.17, 15) is 14.5 Å². The molecule has 0 aliphatic carbocycles. The van der Waals surface area contributed by atoms with Gasteiger partial charge in [-0.3, -0.25) is 10.1 Å². The summed E-state index contributed by atoms with van der Waals surface area (Å²) in [6.45, 7) is 2.08. The molecule has 0 amide bonds. The number of halogens is 1. The number of aromatic amines is 1. The zero-order valence-corrected chi connectivity index (χ0v) is 12.3. The molecule has 23 heavy (non-hydrogen) atoms. The number of benzene rings is 1. The van der Waals surface area contributed by atoms with E-state index in [1.807, 2.05) is 0 Å². The van der Waals surface area contributed by atoms with Crippen molar-refractivity contribution in [2.45, 2.75) is 13.3 Å². The molecule has 0 saturated heterocycles. The molecule has 1 aromatic carbocycles. The Morgan fingerprint density at radius 1 is 1.39 bits per heavy atom. The van der Waals surface area contributed by atoms with Crippen LogP contribution in [0.2, 0.25) is 0 Å². The number of aromatic nitrogens is 3. The Bertz CT molecular complexity index is 877. The van der Waals surface area contributed by atoms with Crippen molar-refractivity contribution in [3.63, 3.8) is 0 Å². The molecule has 3 aromatic rings. The Kier molecular flexibility index (Phi) is 3.88. The van der Waals surface area contributed by atoms with Crippen LogP contribution in [0.4, 0.5) is 15.9 Å². The molecule has 0 aliphatic heterocycles. The van der Waals surface area contributed by atoms with Gasteiger partial charge >= 0.3 is 5.69 Å². The molecular weight excluding hydrogens is 301 g/mol. The number of hydrogen-bond donors (Lipinski definition) is 2. The summed E-state index contributed by atoms with van der Waals surface area (Å²) in [5.74, 6) is 0.580. The Balaban J connectivity index is 1.71. The van der Waals surface area contributed by atoms with Crippen LogP contribution in [0.5, 0.6) is 0 Å². The number of hydrogen-bond acceptors (Lipinski definition) is 5. The van der Waals surface area contributed by atoms with E-state index < -0.39 is 4.92 Å². The first-order valence-electron chi connectivity index (χ1n) is 7.02. The third-order valence-electron chi connectivity index (χ3n) is 3.46. The lowest BCUT2D eigenvalue weighted by Crippen LogP contribution is -2.09. The van der Waals surface area contributed by atoms with Crippen molar-refractivity contribution >= 4 is 22.5 Å². The lowest BCUT2D eigenvalue weighted by molar-refractivity contribution is -0.384. The summed E-state index contributed by atoms with van der Waals surface area (Å²) in [7, 11) is 0. The van der Waals surface area contributed by atoms with Gasteiger partial charge in [0.05, 0.1) is 16.0 Å². The maximum absolute atomic E-state index is 13.1. The maximum atomic E-state index is 13.1. The van der Waals surface area contributed by atoms with Gasteiger partial charge in [-0.05, 0) is 31.2 Å². The molecule has 0 radical (unpaired) electrons. The molecule has 0 atom stereocenters. The van der Waals surface area contributed by atoms with Crippen molar-refractivity contribution in [1.82, 2.24) is 15.0 Å². The van der Waals surface area contributed by atoms with Crippen molar-refractivity contribution in [3.05, 3.63) is 57.8 Å². The molecule has 2 N–H and O–H groups in total. The van der Waals surface area contributed by atoms with Gasteiger partial charge in [0.15, 0.2) is 0 Å². The minimum absolute atomic E-state index is 0.0285. The normalized spacial score (nSPS) is 10.9. The second kappa shape index (κ2) is 5.99. The topological polar surface area (TPSA) is 96.7 Å². The first-order valence-corrected chi connectivity index (χ1v) is 7.02. The summed E-state index contributed by atoms with van der Waals surface area (Å²) in [4.78, 5) is 22.0. The van der Waals surface area contributed by atoms with Crippen molar-refractivity contribution in [3.8, 4) is 0 Å². The summed E-state index contributed by atoms with van der Waals surface area (Å²) in [6.07, 6.45) is 2.03. The van der Waals surface area contributed by atoms with Gasteiger partial charge < -0.3 is 10.3 Å². The number of aryl methyl sites for hydroxylation is 1. The predicted octanol–water partition coefficient (Wildman–Crippen LogP) is 2.97. The smallest absolute Gasteiger partial charge is 0.314 e. The van der Waals surface area contributed by atoms with Crippen LogP contribution in [-0.2, 0) is 6.42 Å². The van der Waals surface area contributed by atoms with Crippen LogP contribution in [0.15, 0.2) is 30.5 Å². The van der Waals surface area contributed by atoms with Crippen LogP contribution in [0.3, 0.4) is 0 Å². The average Bonchev–Trinajstić information content (AvgIpc) is 2.88. The summed E-state index contributed by atoms with van der Waals surface area (Å²) >= 11 is 0. The highest BCUT2D eigenvalue weighted by molar-refractivity contribution is 5.74. The number of pyridine rings is 1. The molecule has 7 nitrogen and oxygen atoms in total. The molecule has 0 saturated carbocycles. The van der Waals surface area contributed by atoms with Gasteiger partial charge in [-0.25, -0.2) is 14.4 Å². The first-order chi connectivity index (χ1) is 11.0. The van der Waals surface area contributed by atoms with E-state index in [-0.39, 0.29) is 17.3 Å². The average molecular weight is 315 g/mol. The Morgan fingerprint density at radius 2 is 2.22 bits per heavy atom. The van der Waals surface area contributed by atoms with Crippen LogP contribution in [0.25, 0.3) is 11.0 Å². The van der Waals surface area contributed by atoms with Crippen LogP contribution in [-0.4, -0.2) is 26.4 Å². The van der Waals surface area contributed by atoms with Gasteiger partial charge in [-0.2, -0.15) is 0 Å². The van der Waals surface area contributed by atoms with E-state index in [0.717, 1.165) is 0 Å². The summed E-state index contributed by atoms with van der Waals surface area (Å²) < 4.78 is 13.1. The molecule has 0 fully saturated rings. The summed E-state index contributed by atoms with van der Waals surface area (Å²) in [5, 5.41) is 14.0. The number of rotatable bonds is 5. The third kappa shape index (κ3) is 3.10. The van der Waals surface area contributed by atoms with Crippen molar-refractivity contribution in [1.29, 1.82) is 0 Å². The fraction of sp³-hybridized carbons (Fsp3) is 0.200. The molecule has 0 unspecified atom stereocenters. The summed E-state index contributed by atoms with van der Waals surface area (Å²) in [5.41, 5.74) is 1.83. The molecule has 8 heteroatoms. The molecule has 0 spiro atoms. The van der Waals surface area contributed by atoms with Gasteiger partial charge in [0, 0.05) is 24.7 Å². The van der Waals surface area contributed by atoms with Gasteiger partial charge in [0.25, 0.3) is 0 Å². The number of imidazole rings is 1. The largest absolute Gasteiger partial charge is 0.364 e. The molecule has 118 valence electrons. The highest BCUT2D eigenvalue weighted by atomic mass is 19.1. The molecule has 2 heterocycles. The van der Waals surface area contributed by atoms with E-state index in [4.69, 9.17) is 0 Å². The predicted molar refractivity (Wildman–Crippen MR) is 83.9 cm³/mol. The monoisotopic (exact) mass is 315 g/mol. The standard InChI is InChI=1S/C15H14FN5O2/c1-9-4-6-17-15(14(9)21(22)23)18-7-5-13-19-11-3-2-10(16)8-12(11)20-13/h2-4,6,8H,5,7H2,1H3,(H,17,18)(H,19,20). The van der Waals surface area contributed by atoms with E-state index in [0.29, 0.717) is 35.4 Å². The first kappa shape index (κ1) is 14.9. The lowest BCUT2D eigenvalue weighted by atomic mass is 10.2.